The van der Waals surface area contributed by atoms with Crippen molar-refractivity contribution in [3.05, 3.63) is 21.6 Å². The Labute approximate surface area is 124 Å². The summed E-state index contributed by atoms with van der Waals surface area (Å²) < 4.78 is 6.27. The fraction of sp³-hybridized carbons (Fsp3) is 0.714. The first-order chi connectivity index (χ1) is 9.56. The maximum Gasteiger partial charge on any atom is 0.287 e. The summed E-state index contributed by atoms with van der Waals surface area (Å²) in [7, 11) is 1.59. The van der Waals surface area contributed by atoms with E-state index in [-0.39, 0.29) is 10.6 Å². The number of aromatic nitrogens is 2. The number of hydrogen-bond acceptors (Lipinski definition) is 4. The summed E-state index contributed by atoms with van der Waals surface area (Å²) in [4.78, 5) is 12.0. The Bertz CT molecular complexity index is 510. The normalized spacial score (nSPS) is 17.4. The minimum absolute atomic E-state index is 0.206. The average Bonchev–Trinajstić information content (AvgIpc) is 2.87. The van der Waals surface area contributed by atoms with Crippen LogP contribution in [0.4, 0.5) is 5.69 Å². The molecule has 1 aromatic rings. The van der Waals surface area contributed by atoms with Crippen LogP contribution in [0.2, 0.25) is 5.02 Å². The van der Waals surface area contributed by atoms with E-state index in [2.05, 4.69) is 17.3 Å². The molecule has 1 aliphatic rings. The second-order valence-electron chi connectivity index (χ2n) is 5.76. The van der Waals surface area contributed by atoms with E-state index in [0.717, 1.165) is 6.54 Å². The van der Waals surface area contributed by atoms with Gasteiger partial charge in [0.1, 0.15) is 5.02 Å². The van der Waals surface area contributed by atoms with Crippen molar-refractivity contribution in [1.29, 1.82) is 0 Å². The molecule has 112 valence electrons. The fourth-order valence-electron chi connectivity index (χ4n) is 2.64. The van der Waals surface area contributed by atoms with Gasteiger partial charge in [-0.1, -0.05) is 31.4 Å². The van der Waals surface area contributed by atoms with E-state index in [1.54, 1.807) is 13.3 Å². The third-order valence-corrected chi connectivity index (χ3v) is 4.37. The molecule has 0 unspecified atom stereocenters. The Balaban J connectivity index is 2.05. The molecule has 1 heterocycles. The van der Waals surface area contributed by atoms with Gasteiger partial charge in [0.25, 0.3) is 5.56 Å². The zero-order valence-corrected chi connectivity index (χ0v) is 12.9. The summed E-state index contributed by atoms with van der Waals surface area (Å²) in [5.74, 6) is 0. The molecular formula is C14H22ClN3O2. The first-order valence-corrected chi connectivity index (χ1v) is 7.42. The Morgan fingerprint density at radius 2 is 2.20 bits per heavy atom. The first-order valence-electron chi connectivity index (χ1n) is 7.04. The van der Waals surface area contributed by atoms with Gasteiger partial charge in [0.05, 0.1) is 25.0 Å². The molecule has 1 aromatic heterocycles. The molecule has 1 aliphatic carbocycles. The summed E-state index contributed by atoms with van der Waals surface area (Å²) in [5.41, 5.74) is 0.651. The van der Waals surface area contributed by atoms with Crippen LogP contribution in [0.1, 0.15) is 32.6 Å². The maximum absolute atomic E-state index is 12.0. The standard InChI is InChI=1S/C14H22ClN3O2/c1-14(5-3-4-6-14)10-16-11-9-17-18(7-8-20-2)13(19)12(11)15/h9,16H,3-8,10H2,1-2H3. The highest BCUT2D eigenvalue weighted by Gasteiger charge is 2.28. The lowest BCUT2D eigenvalue weighted by Gasteiger charge is -2.24. The van der Waals surface area contributed by atoms with E-state index in [9.17, 15) is 4.79 Å². The van der Waals surface area contributed by atoms with E-state index in [0.29, 0.717) is 24.3 Å². The van der Waals surface area contributed by atoms with Crippen LogP contribution in [0.5, 0.6) is 0 Å². The summed E-state index contributed by atoms with van der Waals surface area (Å²) in [6, 6.07) is 0. The van der Waals surface area contributed by atoms with Crippen molar-refractivity contribution in [2.24, 2.45) is 5.41 Å². The topological polar surface area (TPSA) is 56.1 Å². The van der Waals surface area contributed by atoms with E-state index in [4.69, 9.17) is 16.3 Å². The number of ether oxygens (including phenoxy) is 1. The second-order valence-corrected chi connectivity index (χ2v) is 6.14. The van der Waals surface area contributed by atoms with Gasteiger partial charge in [0.2, 0.25) is 0 Å². The van der Waals surface area contributed by atoms with E-state index < -0.39 is 0 Å². The lowest BCUT2D eigenvalue weighted by molar-refractivity contribution is 0.182. The highest BCUT2D eigenvalue weighted by molar-refractivity contribution is 6.32. The summed E-state index contributed by atoms with van der Waals surface area (Å²) in [6.07, 6.45) is 6.62. The molecule has 0 saturated heterocycles. The third kappa shape index (κ3) is 3.52. The van der Waals surface area contributed by atoms with Gasteiger partial charge in [-0.05, 0) is 18.3 Å². The minimum atomic E-state index is -0.273. The summed E-state index contributed by atoms with van der Waals surface area (Å²) in [5, 5.41) is 7.61. The molecular weight excluding hydrogens is 278 g/mol. The smallest absolute Gasteiger partial charge is 0.287 e. The van der Waals surface area contributed by atoms with Gasteiger partial charge >= 0.3 is 0 Å². The quantitative estimate of drug-likeness (QED) is 0.877. The molecule has 1 N–H and O–H groups in total. The van der Waals surface area contributed by atoms with Crippen molar-refractivity contribution in [3.63, 3.8) is 0 Å². The van der Waals surface area contributed by atoms with Crippen LogP contribution in [0.25, 0.3) is 0 Å². The Kier molecular flexibility index (Phi) is 5.05. The SMILES string of the molecule is COCCn1ncc(NCC2(C)CCCC2)c(Cl)c1=O. The van der Waals surface area contributed by atoms with Crippen LogP contribution in [0, 0.1) is 5.41 Å². The summed E-state index contributed by atoms with van der Waals surface area (Å²) in [6.45, 7) is 3.95. The van der Waals surface area contributed by atoms with Gasteiger partial charge < -0.3 is 10.1 Å². The van der Waals surface area contributed by atoms with E-state index in [1.165, 1.54) is 30.4 Å². The molecule has 1 saturated carbocycles. The van der Waals surface area contributed by atoms with Crippen molar-refractivity contribution in [1.82, 2.24) is 9.78 Å². The van der Waals surface area contributed by atoms with Gasteiger partial charge in [0, 0.05) is 13.7 Å². The van der Waals surface area contributed by atoms with E-state index in [1.807, 2.05) is 0 Å². The third-order valence-electron chi connectivity index (χ3n) is 4.01. The largest absolute Gasteiger partial charge is 0.383 e. The highest BCUT2D eigenvalue weighted by atomic mass is 35.5. The average molecular weight is 300 g/mol. The van der Waals surface area contributed by atoms with Crippen LogP contribution in [0.15, 0.2) is 11.0 Å². The van der Waals surface area contributed by atoms with Gasteiger partial charge in [-0.15, -0.1) is 0 Å². The molecule has 0 spiro atoms. The fourth-order valence-corrected chi connectivity index (χ4v) is 2.85. The van der Waals surface area contributed by atoms with Gasteiger partial charge in [-0.25, -0.2) is 4.68 Å². The zero-order chi connectivity index (χ0) is 14.6. The number of halogens is 1. The predicted octanol–water partition coefficient (Wildman–Crippen LogP) is 2.54. The zero-order valence-electron chi connectivity index (χ0n) is 12.1. The van der Waals surface area contributed by atoms with E-state index >= 15 is 0 Å². The first kappa shape index (κ1) is 15.3. The predicted molar refractivity (Wildman–Crippen MR) is 80.4 cm³/mol. The number of hydrogen-bond donors (Lipinski definition) is 1. The number of rotatable bonds is 6. The Morgan fingerprint density at radius 3 is 2.85 bits per heavy atom. The molecule has 0 atom stereocenters. The molecule has 0 aromatic carbocycles. The van der Waals surface area contributed by atoms with Gasteiger partial charge in [-0.3, -0.25) is 4.79 Å². The van der Waals surface area contributed by atoms with Crippen molar-refractivity contribution < 1.29 is 4.74 Å². The van der Waals surface area contributed by atoms with Crippen molar-refractivity contribution in [2.45, 2.75) is 39.2 Å². The highest BCUT2D eigenvalue weighted by Crippen LogP contribution is 2.37. The lowest BCUT2D eigenvalue weighted by Crippen LogP contribution is -2.28. The summed E-state index contributed by atoms with van der Waals surface area (Å²) >= 11 is 6.13. The lowest BCUT2D eigenvalue weighted by atomic mass is 9.89. The molecule has 1 fully saturated rings. The van der Waals surface area contributed by atoms with Crippen LogP contribution in [-0.2, 0) is 11.3 Å². The molecule has 20 heavy (non-hydrogen) atoms. The number of nitrogens with zero attached hydrogens (tertiary/aromatic N) is 2. The van der Waals surface area contributed by atoms with Crippen molar-refractivity contribution >= 4 is 17.3 Å². The van der Waals surface area contributed by atoms with Gasteiger partial charge in [-0.2, -0.15) is 5.10 Å². The molecule has 5 nitrogen and oxygen atoms in total. The second kappa shape index (κ2) is 6.59. The number of nitrogens with one attached hydrogen (secondary N) is 1. The molecule has 0 radical (unpaired) electrons. The Morgan fingerprint density at radius 1 is 1.50 bits per heavy atom. The molecule has 0 amide bonds. The molecule has 6 heteroatoms. The van der Waals surface area contributed by atoms with Crippen molar-refractivity contribution in [2.75, 3.05) is 25.6 Å². The van der Waals surface area contributed by atoms with Crippen LogP contribution in [0.3, 0.4) is 0 Å². The molecule has 2 rings (SSSR count). The monoisotopic (exact) mass is 299 g/mol. The van der Waals surface area contributed by atoms with Crippen LogP contribution >= 0.6 is 11.6 Å². The Hall–Kier alpha value is -1.07. The molecule has 0 aliphatic heterocycles. The number of methoxy groups -OCH3 is 1. The number of anilines is 1. The molecule has 0 bridgehead atoms. The van der Waals surface area contributed by atoms with Gasteiger partial charge in [0.15, 0.2) is 0 Å². The minimum Gasteiger partial charge on any atom is -0.383 e. The maximum atomic E-state index is 12.0. The van der Waals surface area contributed by atoms with Crippen molar-refractivity contribution in [3.8, 4) is 0 Å². The van der Waals surface area contributed by atoms with Crippen LogP contribution < -0.4 is 10.9 Å². The van der Waals surface area contributed by atoms with Crippen LogP contribution in [-0.4, -0.2) is 30.0 Å².